The van der Waals surface area contributed by atoms with Gasteiger partial charge in [0.25, 0.3) is 0 Å². The molecule has 106 valence electrons. The van der Waals surface area contributed by atoms with Gasteiger partial charge in [0.1, 0.15) is 5.69 Å². The molecule has 1 aromatic carbocycles. The van der Waals surface area contributed by atoms with Gasteiger partial charge in [-0.3, -0.25) is 0 Å². The molecule has 0 aliphatic rings. The van der Waals surface area contributed by atoms with Crippen LogP contribution < -0.4 is 11.1 Å². The first-order valence-corrected chi connectivity index (χ1v) is 6.18. The lowest BCUT2D eigenvalue weighted by molar-refractivity contribution is 0.185. The van der Waals surface area contributed by atoms with Gasteiger partial charge < -0.3 is 15.8 Å². The number of rotatable bonds is 5. The average molecular weight is 274 g/mol. The van der Waals surface area contributed by atoms with Gasteiger partial charge >= 0.3 is 0 Å². The number of ether oxygens (including phenoxy) is 1. The van der Waals surface area contributed by atoms with Crippen molar-refractivity contribution in [2.24, 2.45) is 17.8 Å². The molecular weight excluding hydrogens is 256 g/mol. The molecular formula is C13H18N6O. The molecule has 2 rings (SSSR count). The third-order valence-corrected chi connectivity index (χ3v) is 2.64. The number of para-hydroxylation sites is 1. The monoisotopic (exact) mass is 274 g/mol. The number of hydrogen-bond acceptors (Lipinski definition) is 4. The summed E-state index contributed by atoms with van der Waals surface area (Å²) >= 11 is 0. The lowest BCUT2D eigenvalue weighted by Gasteiger charge is -2.10. The van der Waals surface area contributed by atoms with Crippen LogP contribution in [0.4, 0.5) is 5.69 Å². The Kier molecular flexibility index (Phi) is 4.67. The second-order valence-electron chi connectivity index (χ2n) is 4.24. The number of nitrogens with two attached hydrogens (primary N) is 1. The summed E-state index contributed by atoms with van der Waals surface area (Å²) < 4.78 is 5.14. The van der Waals surface area contributed by atoms with Crippen molar-refractivity contribution in [2.45, 2.75) is 13.2 Å². The molecule has 0 radical (unpaired) electrons. The van der Waals surface area contributed by atoms with Gasteiger partial charge in [0.05, 0.1) is 19.3 Å². The van der Waals surface area contributed by atoms with Crippen molar-refractivity contribution in [2.75, 3.05) is 12.4 Å². The van der Waals surface area contributed by atoms with Crippen LogP contribution in [0.15, 0.2) is 35.5 Å². The number of aromatic nitrogens is 3. The molecule has 0 fully saturated rings. The highest BCUT2D eigenvalue weighted by Gasteiger charge is 2.03. The number of anilines is 1. The van der Waals surface area contributed by atoms with Gasteiger partial charge in [-0.25, -0.2) is 4.99 Å². The average Bonchev–Trinajstić information content (AvgIpc) is 2.85. The molecule has 20 heavy (non-hydrogen) atoms. The maximum Gasteiger partial charge on any atom is 0.193 e. The highest BCUT2D eigenvalue weighted by atomic mass is 16.5. The summed E-state index contributed by atoms with van der Waals surface area (Å²) in [6.45, 7) is 0.903. The van der Waals surface area contributed by atoms with E-state index in [2.05, 4.69) is 20.5 Å². The number of aryl methyl sites for hydroxylation is 1. The van der Waals surface area contributed by atoms with Crippen LogP contribution in [-0.4, -0.2) is 28.1 Å². The summed E-state index contributed by atoms with van der Waals surface area (Å²) in [6, 6.07) is 7.78. The minimum atomic E-state index is 0.333. The second kappa shape index (κ2) is 6.67. The Morgan fingerprint density at radius 1 is 1.45 bits per heavy atom. The van der Waals surface area contributed by atoms with Gasteiger partial charge in [0, 0.05) is 25.4 Å². The normalized spacial score (nSPS) is 11.6. The standard InChI is InChI=1S/C13H18N6O/c1-19-16-8-11(18-19)7-15-13(14)17-12-6-4-3-5-10(12)9-20-2/h3-6,8H,7,9H2,1-2H3,(H3,14,15,17). The van der Waals surface area contributed by atoms with E-state index in [9.17, 15) is 0 Å². The van der Waals surface area contributed by atoms with Crippen LogP contribution in [0.25, 0.3) is 0 Å². The van der Waals surface area contributed by atoms with Crippen LogP contribution in [0, 0.1) is 0 Å². The Labute approximate surface area is 117 Å². The minimum absolute atomic E-state index is 0.333. The Bertz CT molecular complexity index is 592. The van der Waals surface area contributed by atoms with Crippen molar-refractivity contribution < 1.29 is 4.74 Å². The van der Waals surface area contributed by atoms with Crippen molar-refractivity contribution in [3.63, 3.8) is 0 Å². The number of hydrogen-bond donors (Lipinski definition) is 2. The molecule has 0 aliphatic carbocycles. The second-order valence-corrected chi connectivity index (χ2v) is 4.24. The van der Waals surface area contributed by atoms with E-state index in [0.29, 0.717) is 19.1 Å². The predicted octanol–water partition coefficient (Wildman–Crippen LogP) is 0.888. The molecule has 0 atom stereocenters. The minimum Gasteiger partial charge on any atom is -0.380 e. The SMILES string of the molecule is COCc1ccccc1NC(N)=NCc1cnn(C)n1. The van der Waals surface area contributed by atoms with Gasteiger partial charge in [-0.05, 0) is 6.07 Å². The summed E-state index contributed by atoms with van der Waals surface area (Å²) in [4.78, 5) is 5.72. The maximum absolute atomic E-state index is 5.87. The zero-order valence-corrected chi connectivity index (χ0v) is 11.6. The fourth-order valence-corrected chi connectivity index (χ4v) is 1.73. The van der Waals surface area contributed by atoms with Crippen LogP contribution in [0.5, 0.6) is 0 Å². The Morgan fingerprint density at radius 3 is 2.95 bits per heavy atom. The molecule has 2 aromatic rings. The van der Waals surface area contributed by atoms with Crippen LogP contribution in [-0.2, 0) is 24.9 Å². The lowest BCUT2D eigenvalue weighted by Crippen LogP contribution is -2.23. The van der Waals surface area contributed by atoms with Gasteiger partial charge in [-0.15, -0.1) is 0 Å². The fraction of sp³-hybridized carbons (Fsp3) is 0.308. The quantitative estimate of drug-likeness (QED) is 0.624. The van der Waals surface area contributed by atoms with E-state index in [1.54, 1.807) is 20.4 Å². The molecule has 0 aliphatic heterocycles. The summed E-state index contributed by atoms with van der Waals surface area (Å²) in [6.07, 6.45) is 1.66. The molecule has 0 saturated carbocycles. The number of aliphatic imine (C=N–C) groups is 1. The Morgan fingerprint density at radius 2 is 2.25 bits per heavy atom. The third kappa shape index (κ3) is 3.79. The number of nitrogens with zero attached hydrogens (tertiary/aromatic N) is 4. The Hall–Kier alpha value is -2.41. The molecule has 0 spiro atoms. The zero-order valence-electron chi connectivity index (χ0n) is 11.6. The number of benzene rings is 1. The van der Waals surface area contributed by atoms with Gasteiger partial charge in [0.15, 0.2) is 5.96 Å². The highest BCUT2D eigenvalue weighted by molar-refractivity contribution is 5.92. The zero-order chi connectivity index (χ0) is 14.4. The van der Waals surface area contributed by atoms with E-state index in [4.69, 9.17) is 10.5 Å². The molecule has 7 nitrogen and oxygen atoms in total. The molecule has 7 heteroatoms. The molecule has 0 amide bonds. The smallest absolute Gasteiger partial charge is 0.193 e. The van der Waals surface area contributed by atoms with Crippen LogP contribution >= 0.6 is 0 Å². The maximum atomic E-state index is 5.87. The summed E-state index contributed by atoms with van der Waals surface area (Å²) in [5.41, 5.74) is 8.54. The van der Waals surface area contributed by atoms with Crippen LogP contribution in [0.1, 0.15) is 11.3 Å². The van der Waals surface area contributed by atoms with E-state index in [1.807, 2.05) is 24.3 Å². The summed E-state index contributed by atoms with van der Waals surface area (Å²) in [7, 11) is 3.41. The summed E-state index contributed by atoms with van der Waals surface area (Å²) in [5.74, 6) is 0.333. The van der Waals surface area contributed by atoms with Crippen LogP contribution in [0.3, 0.4) is 0 Å². The molecule has 0 saturated heterocycles. The van der Waals surface area contributed by atoms with Crippen molar-refractivity contribution in [1.29, 1.82) is 0 Å². The van der Waals surface area contributed by atoms with Gasteiger partial charge in [-0.1, -0.05) is 18.2 Å². The molecule has 0 unspecified atom stereocenters. The van der Waals surface area contributed by atoms with E-state index in [0.717, 1.165) is 16.9 Å². The van der Waals surface area contributed by atoms with E-state index < -0.39 is 0 Å². The van der Waals surface area contributed by atoms with Crippen molar-refractivity contribution >= 4 is 11.6 Å². The van der Waals surface area contributed by atoms with E-state index >= 15 is 0 Å². The van der Waals surface area contributed by atoms with E-state index in [-0.39, 0.29) is 0 Å². The van der Waals surface area contributed by atoms with Crippen molar-refractivity contribution in [3.8, 4) is 0 Å². The van der Waals surface area contributed by atoms with Crippen molar-refractivity contribution in [3.05, 3.63) is 41.7 Å². The number of nitrogens with one attached hydrogen (secondary N) is 1. The van der Waals surface area contributed by atoms with Gasteiger partial charge in [-0.2, -0.15) is 15.0 Å². The molecule has 1 aromatic heterocycles. The van der Waals surface area contributed by atoms with Crippen molar-refractivity contribution in [1.82, 2.24) is 15.0 Å². The predicted molar refractivity (Wildman–Crippen MR) is 77.1 cm³/mol. The topological polar surface area (TPSA) is 90.4 Å². The summed E-state index contributed by atoms with van der Waals surface area (Å²) in [5, 5.41) is 11.2. The largest absolute Gasteiger partial charge is 0.380 e. The Balaban J connectivity index is 2.01. The molecule has 0 bridgehead atoms. The molecule has 1 heterocycles. The highest BCUT2D eigenvalue weighted by Crippen LogP contribution is 2.15. The first-order chi connectivity index (χ1) is 9.69. The number of guanidine groups is 1. The lowest BCUT2D eigenvalue weighted by atomic mass is 10.2. The van der Waals surface area contributed by atoms with Gasteiger partial charge in [0.2, 0.25) is 0 Å². The van der Waals surface area contributed by atoms with E-state index in [1.165, 1.54) is 4.80 Å². The third-order valence-electron chi connectivity index (χ3n) is 2.64. The molecule has 3 N–H and O–H groups in total. The van der Waals surface area contributed by atoms with Crippen LogP contribution in [0.2, 0.25) is 0 Å². The number of methoxy groups -OCH3 is 1. The fourth-order valence-electron chi connectivity index (χ4n) is 1.73. The first-order valence-electron chi connectivity index (χ1n) is 6.18. The first kappa shape index (κ1) is 14.0.